The second-order valence-electron chi connectivity index (χ2n) is 4.70. The van der Waals surface area contributed by atoms with E-state index in [1.165, 1.54) is 12.1 Å². The molecule has 19 heavy (non-hydrogen) atoms. The molecule has 1 saturated heterocycles. The Bertz CT molecular complexity index is 403. The van der Waals surface area contributed by atoms with Crippen LogP contribution >= 0.6 is 12.4 Å². The molecule has 0 bridgehead atoms. The van der Waals surface area contributed by atoms with Gasteiger partial charge in [-0.05, 0) is 43.5 Å². The third-order valence-corrected chi connectivity index (χ3v) is 3.52. The average molecular weight is 295 g/mol. The molecule has 3 N–H and O–H groups in total. The predicted octanol–water partition coefficient (Wildman–Crippen LogP) is 3.13. The van der Waals surface area contributed by atoms with Gasteiger partial charge in [-0.2, -0.15) is 13.2 Å². The molecule has 1 atom stereocenters. The number of nitrogens with two attached hydrogens (primary N) is 1. The summed E-state index contributed by atoms with van der Waals surface area (Å²) in [6, 6.07) is 5.09. The maximum absolute atomic E-state index is 12.9. The number of hydrogen-bond donors (Lipinski definition) is 2. The summed E-state index contributed by atoms with van der Waals surface area (Å²) >= 11 is 0. The van der Waals surface area contributed by atoms with E-state index in [0.29, 0.717) is 0 Å². The van der Waals surface area contributed by atoms with Crippen LogP contribution in [0.3, 0.4) is 0 Å². The van der Waals surface area contributed by atoms with Crippen LogP contribution in [0.2, 0.25) is 0 Å². The van der Waals surface area contributed by atoms with E-state index in [1.54, 1.807) is 6.07 Å². The smallest absolute Gasteiger partial charge is 0.324 e. The monoisotopic (exact) mass is 294 g/mol. The summed E-state index contributed by atoms with van der Waals surface area (Å²) in [4.78, 5) is 0. The van der Waals surface area contributed by atoms with Gasteiger partial charge < -0.3 is 11.1 Å². The van der Waals surface area contributed by atoms with Gasteiger partial charge in [-0.3, -0.25) is 0 Å². The molecule has 0 aromatic heterocycles. The number of rotatable bonds is 2. The van der Waals surface area contributed by atoms with Crippen LogP contribution in [0.5, 0.6) is 0 Å². The molecule has 108 valence electrons. The second-order valence-corrected chi connectivity index (χ2v) is 4.70. The quantitative estimate of drug-likeness (QED) is 0.879. The van der Waals surface area contributed by atoms with Crippen molar-refractivity contribution in [3.05, 3.63) is 35.4 Å². The third kappa shape index (κ3) is 3.84. The van der Waals surface area contributed by atoms with E-state index in [1.807, 2.05) is 0 Å². The fourth-order valence-corrected chi connectivity index (χ4v) is 2.50. The SMILES string of the molecule is Cl.NC(c1ccccc1C(F)(F)F)C1CCNCC1. The third-order valence-electron chi connectivity index (χ3n) is 3.52. The molecule has 1 unspecified atom stereocenters. The Morgan fingerprint density at radius 2 is 1.74 bits per heavy atom. The van der Waals surface area contributed by atoms with E-state index in [2.05, 4.69) is 5.32 Å². The van der Waals surface area contributed by atoms with Crippen molar-refractivity contribution >= 4 is 12.4 Å². The number of halogens is 4. The maximum Gasteiger partial charge on any atom is 0.416 e. The molecule has 1 aromatic carbocycles. The molecule has 1 aromatic rings. The Labute approximate surface area is 117 Å². The normalized spacial score (nSPS) is 18.7. The predicted molar refractivity (Wildman–Crippen MR) is 71.2 cm³/mol. The number of alkyl halides is 3. The molecule has 2 nitrogen and oxygen atoms in total. The van der Waals surface area contributed by atoms with Crippen LogP contribution in [0.25, 0.3) is 0 Å². The highest BCUT2D eigenvalue weighted by atomic mass is 35.5. The minimum absolute atomic E-state index is 0. The fourth-order valence-electron chi connectivity index (χ4n) is 2.50. The van der Waals surface area contributed by atoms with Crippen LogP contribution in [-0.4, -0.2) is 13.1 Å². The first-order valence-electron chi connectivity index (χ1n) is 6.12. The lowest BCUT2D eigenvalue weighted by atomic mass is 9.84. The topological polar surface area (TPSA) is 38.0 Å². The van der Waals surface area contributed by atoms with Crippen molar-refractivity contribution in [1.29, 1.82) is 0 Å². The first-order valence-corrected chi connectivity index (χ1v) is 6.12. The molecule has 6 heteroatoms. The molecule has 1 aliphatic rings. The Hall–Kier alpha value is -0.780. The highest BCUT2D eigenvalue weighted by Crippen LogP contribution is 2.37. The van der Waals surface area contributed by atoms with E-state index in [-0.39, 0.29) is 23.9 Å². The van der Waals surface area contributed by atoms with E-state index in [4.69, 9.17) is 5.73 Å². The van der Waals surface area contributed by atoms with Crippen molar-refractivity contribution in [3.63, 3.8) is 0 Å². The van der Waals surface area contributed by atoms with Gasteiger partial charge in [0.15, 0.2) is 0 Å². The summed E-state index contributed by atoms with van der Waals surface area (Å²) in [6.45, 7) is 1.65. The summed E-state index contributed by atoms with van der Waals surface area (Å²) in [5, 5.41) is 3.19. The van der Waals surface area contributed by atoms with Crippen LogP contribution in [-0.2, 0) is 6.18 Å². The summed E-state index contributed by atoms with van der Waals surface area (Å²) in [7, 11) is 0. The Balaban J connectivity index is 0.00000180. The van der Waals surface area contributed by atoms with Crippen LogP contribution in [0.4, 0.5) is 13.2 Å². The van der Waals surface area contributed by atoms with Gasteiger partial charge in [0.05, 0.1) is 5.56 Å². The minimum Gasteiger partial charge on any atom is -0.324 e. The highest BCUT2D eigenvalue weighted by molar-refractivity contribution is 5.85. The molecule has 0 radical (unpaired) electrons. The first kappa shape index (κ1) is 16.3. The van der Waals surface area contributed by atoms with Crippen LogP contribution in [0.15, 0.2) is 24.3 Å². The zero-order chi connectivity index (χ0) is 13.2. The van der Waals surface area contributed by atoms with E-state index < -0.39 is 17.8 Å². The Kier molecular flexibility index (Phi) is 5.64. The lowest BCUT2D eigenvalue weighted by Gasteiger charge is -2.29. The lowest BCUT2D eigenvalue weighted by molar-refractivity contribution is -0.138. The molecule has 0 saturated carbocycles. The summed E-state index contributed by atoms with van der Waals surface area (Å²) in [6.07, 6.45) is -2.68. The molecule has 1 fully saturated rings. The van der Waals surface area contributed by atoms with Gasteiger partial charge >= 0.3 is 6.18 Å². The maximum atomic E-state index is 12.9. The van der Waals surface area contributed by atoms with Crippen molar-refractivity contribution in [2.45, 2.75) is 25.1 Å². The molecule has 0 amide bonds. The molecular weight excluding hydrogens is 277 g/mol. The summed E-state index contributed by atoms with van der Waals surface area (Å²) in [5.74, 6) is 0.120. The van der Waals surface area contributed by atoms with Crippen LogP contribution in [0.1, 0.15) is 30.0 Å². The first-order chi connectivity index (χ1) is 8.50. The average Bonchev–Trinajstić information content (AvgIpc) is 2.38. The van der Waals surface area contributed by atoms with Crippen LogP contribution in [0, 0.1) is 5.92 Å². The van der Waals surface area contributed by atoms with E-state index in [0.717, 1.165) is 32.0 Å². The Morgan fingerprint density at radius 3 is 2.32 bits per heavy atom. The molecule has 0 spiro atoms. The van der Waals surface area contributed by atoms with Crippen molar-refractivity contribution in [2.75, 3.05) is 13.1 Å². The standard InChI is InChI=1S/C13H17F3N2.ClH/c14-13(15,16)11-4-2-1-3-10(11)12(17)9-5-7-18-8-6-9;/h1-4,9,12,18H,5-8,17H2;1H. The number of nitrogens with one attached hydrogen (secondary N) is 1. The summed E-state index contributed by atoms with van der Waals surface area (Å²) < 4.78 is 38.7. The van der Waals surface area contributed by atoms with Gasteiger partial charge in [0, 0.05) is 6.04 Å². The number of benzene rings is 1. The van der Waals surface area contributed by atoms with E-state index >= 15 is 0 Å². The molecule has 0 aliphatic carbocycles. The molecule has 2 rings (SSSR count). The van der Waals surface area contributed by atoms with Gasteiger partial charge in [-0.25, -0.2) is 0 Å². The molecular formula is C13H18ClF3N2. The zero-order valence-electron chi connectivity index (χ0n) is 10.4. The number of hydrogen-bond acceptors (Lipinski definition) is 2. The van der Waals surface area contributed by atoms with Gasteiger partial charge in [-0.15, -0.1) is 12.4 Å². The van der Waals surface area contributed by atoms with Crippen molar-refractivity contribution in [2.24, 2.45) is 11.7 Å². The van der Waals surface area contributed by atoms with Gasteiger partial charge in [0.1, 0.15) is 0 Å². The van der Waals surface area contributed by atoms with E-state index in [9.17, 15) is 13.2 Å². The van der Waals surface area contributed by atoms with Gasteiger partial charge in [0.2, 0.25) is 0 Å². The highest BCUT2D eigenvalue weighted by Gasteiger charge is 2.35. The largest absolute Gasteiger partial charge is 0.416 e. The van der Waals surface area contributed by atoms with Crippen LogP contribution < -0.4 is 11.1 Å². The molecule has 1 aliphatic heterocycles. The summed E-state index contributed by atoms with van der Waals surface area (Å²) in [5.41, 5.74) is 5.66. The second kappa shape index (κ2) is 6.59. The Morgan fingerprint density at radius 1 is 1.16 bits per heavy atom. The van der Waals surface area contributed by atoms with Gasteiger partial charge in [-0.1, -0.05) is 18.2 Å². The minimum atomic E-state index is -4.33. The van der Waals surface area contributed by atoms with Crippen molar-refractivity contribution < 1.29 is 13.2 Å². The van der Waals surface area contributed by atoms with Crippen molar-refractivity contribution in [3.8, 4) is 0 Å². The fraction of sp³-hybridized carbons (Fsp3) is 0.538. The lowest BCUT2D eigenvalue weighted by Crippen LogP contribution is -2.34. The van der Waals surface area contributed by atoms with Gasteiger partial charge in [0.25, 0.3) is 0 Å². The number of piperidine rings is 1. The zero-order valence-corrected chi connectivity index (χ0v) is 11.2. The molecule has 1 heterocycles. The van der Waals surface area contributed by atoms with Crippen molar-refractivity contribution in [1.82, 2.24) is 5.32 Å².